The number of morpholine rings is 1. The maximum absolute atomic E-state index is 6.41. The number of H-pyrrole nitrogens is 1. The van der Waals surface area contributed by atoms with Gasteiger partial charge in [-0.25, -0.2) is 4.98 Å². The van der Waals surface area contributed by atoms with E-state index >= 15 is 0 Å². The van der Waals surface area contributed by atoms with Crippen molar-refractivity contribution in [3.63, 3.8) is 0 Å². The van der Waals surface area contributed by atoms with E-state index in [-0.39, 0.29) is 6.10 Å². The molecule has 0 aliphatic carbocycles. The van der Waals surface area contributed by atoms with Crippen molar-refractivity contribution in [2.45, 2.75) is 25.5 Å². The van der Waals surface area contributed by atoms with Crippen LogP contribution in [0.3, 0.4) is 0 Å². The van der Waals surface area contributed by atoms with Gasteiger partial charge in [0.25, 0.3) is 0 Å². The zero-order valence-electron chi connectivity index (χ0n) is 20.4. The maximum Gasteiger partial charge on any atom is 0.142 e. The molecule has 6 rings (SSSR count). The molecule has 2 fully saturated rings. The minimum Gasteiger partial charge on any atom is -0.488 e. The first-order valence-electron chi connectivity index (χ1n) is 12.7. The van der Waals surface area contributed by atoms with Crippen LogP contribution >= 0.6 is 0 Å². The van der Waals surface area contributed by atoms with Crippen LogP contribution in [0.15, 0.2) is 60.8 Å². The summed E-state index contributed by atoms with van der Waals surface area (Å²) in [4.78, 5) is 10.5. The number of rotatable bonds is 6. The summed E-state index contributed by atoms with van der Waals surface area (Å²) in [6.45, 7) is 6.06. The van der Waals surface area contributed by atoms with Gasteiger partial charge in [0.05, 0.1) is 32.1 Å². The average Bonchev–Trinajstić information content (AvgIpc) is 3.36. The Balaban J connectivity index is 1.23. The van der Waals surface area contributed by atoms with Gasteiger partial charge >= 0.3 is 0 Å². The van der Waals surface area contributed by atoms with Crippen LogP contribution in [-0.4, -0.2) is 60.5 Å². The number of nitrogen functional groups attached to an aromatic ring is 1. The average molecular weight is 485 g/mol. The van der Waals surface area contributed by atoms with E-state index in [0.29, 0.717) is 5.69 Å². The van der Waals surface area contributed by atoms with Gasteiger partial charge in [0.2, 0.25) is 0 Å². The molecule has 36 heavy (non-hydrogen) atoms. The van der Waals surface area contributed by atoms with E-state index in [4.69, 9.17) is 19.9 Å². The summed E-state index contributed by atoms with van der Waals surface area (Å²) in [6.07, 6.45) is 3.79. The van der Waals surface area contributed by atoms with Gasteiger partial charge in [-0.1, -0.05) is 30.3 Å². The second-order valence-corrected chi connectivity index (χ2v) is 9.57. The summed E-state index contributed by atoms with van der Waals surface area (Å²) in [5.41, 5.74) is 13.6. The van der Waals surface area contributed by atoms with Gasteiger partial charge in [0.1, 0.15) is 17.5 Å². The van der Waals surface area contributed by atoms with E-state index in [9.17, 15) is 0 Å². The Labute approximate surface area is 211 Å². The Morgan fingerprint density at radius 2 is 1.67 bits per heavy atom. The molecule has 2 aromatic heterocycles. The second kappa shape index (κ2) is 10.3. The Morgan fingerprint density at radius 1 is 0.917 bits per heavy atom. The smallest absolute Gasteiger partial charge is 0.142 e. The molecule has 7 nitrogen and oxygen atoms in total. The monoisotopic (exact) mass is 484 g/mol. The number of nitrogens with two attached hydrogens (primary N) is 1. The van der Waals surface area contributed by atoms with Gasteiger partial charge in [-0.15, -0.1) is 0 Å². The third-order valence-electron chi connectivity index (χ3n) is 7.09. The number of hydrogen-bond acceptors (Lipinski definition) is 6. The van der Waals surface area contributed by atoms with E-state index in [1.807, 2.05) is 24.4 Å². The van der Waals surface area contributed by atoms with E-state index < -0.39 is 0 Å². The summed E-state index contributed by atoms with van der Waals surface area (Å²) in [6, 6.07) is 19.1. The predicted molar refractivity (Wildman–Crippen MR) is 142 cm³/mol. The number of nitrogens with one attached hydrogen (secondary N) is 1. The highest BCUT2D eigenvalue weighted by molar-refractivity contribution is 5.96. The number of anilines is 1. The molecule has 2 saturated heterocycles. The number of nitrogens with zero attached hydrogens (tertiary/aromatic N) is 2. The molecular weight excluding hydrogens is 452 g/mol. The third-order valence-corrected chi connectivity index (χ3v) is 7.09. The normalized spacial score (nSPS) is 17.4. The molecule has 0 spiro atoms. The topological polar surface area (TPSA) is 85.6 Å². The lowest BCUT2D eigenvalue weighted by Gasteiger charge is -2.26. The van der Waals surface area contributed by atoms with E-state index in [1.165, 1.54) is 5.56 Å². The molecule has 7 heteroatoms. The van der Waals surface area contributed by atoms with Crippen molar-refractivity contribution >= 4 is 16.7 Å². The van der Waals surface area contributed by atoms with Gasteiger partial charge in [0.15, 0.2) is 0 Å². The highest BCUT2D eigenvalue weighted by atomic mass is 16.5. The summed E-state index contributed by atoms with van der Waals surface area (Å²) in [5.74, 6) is 0.739. The molecular formula is C29H32N4O3. The molecule has 3 N–H and O–H groups in total. The molecule has 0 amide bonds. The van der Waals surface area contributed by atoms with Gasteiger partial charge in [-0.2, -0.15) is 0 Å². The van der Waals surface area contributed by atoms with Crippen LogP contribution in [0.4, 0.5) is 5.69 Å². The standard InChI is InChI=1S/C29H32N4O3/c30-26-17-22(5-6-28(26)36-23-8-13-34-14-9-23)24-7-10-31-29-25(24)18-27(32-29)21-3-1-20(2-4-21)19-33-11-15-35-16-12-33/h1-7,10,17-18,23H,8-9,11-16,19,30H2,(H,31,32). The largest absolute Gasteiger partial charge is 0.488 e. The number of fused-ring (bicyclic) bond motifs is 1. The van der Waals surface area contributed by atoms with Crippen LogP contribution < -0.4 is 10.5 Å². The molecule has 2 aromatic carbocycles. The van der Waals surface area contributed by atoms with Crippen molar-refractivity contribution in [1.29, 1.82) is 0 Å². The molecule has 0 bridgehead atoms. The lowest BCUT2D eigenvalue weighted by molar-refractivity contribution is 0.0259. The van der Waals surface area contributed by atoms with Crippen molar-refractivity contribution in [3.05, 3.63) is 66.4 Å². The first-order chi connectivity index (χ1) is 17.7. The maximum atomic E-state index is 6.41. The van der Waals surface area contributed by atoms with Crippen LogP contribution in [0.2, 0.25) is 0 Å². The minimum absolute atomic E-state index is 0.159. The van der Waals surface area contributed by atoms with Crippen molar-refractivity contribution in [1.82, 2.24) is 14.9 Å². The summed E-state index contributed by atoms with van der Waals surface area (Å²) < 4.78 is 17.0. The van der Waals surface area contributed by atoms with Crippen LogP contribution in [0.5, 0.6) is 5.75 Å². The molecule has 4 aromatic rings. The minimum atomic E-state index is 0.159. The number of ether oxygens (including phenoxy) is 3. The fourth-order valence-electron chi connectivity index (χ4n) is 5.04. The van der Waals surface area contributed by atoms with Gasteiger partial charge in [0, 0.05) is 49.8 Å². The fraction of sp³-hybridized carbons (Fsp3) is 0.345. The highest BCUT2D eigenvalue weighted by Gasteiger charge is 2.17. The van der Waals surface area contributed by atoms with Crippen molar-refractivity contribution in [2.24, 2.45) is 0 Å². The number of aromatic amines is 1. The van der Waals surface area contributed by atoms with Gasteiger partial charge in [-0.05, 0) is 46.5 Å². The fourth-order valence-corrected chi connectivity index (χ4v) is 5.04. The zero-order valence-corrected chi connectivity index (χ0v) is 20.4. The number of hydrogen-bond donors (Lipinski definition) is 2. The number of aromatic nitrogens is 2. The third kappa shape index (κ3) is 4.95. The summed E-state index contributed by atoms with van der Waals surface area (Å²) in [7, 11) is 0. The summed E-state index contributed by atoms with van der Waals surface area (Å²) >= 11 is 0. The lowest BCUT2D eigenvalue weighted by atomic mass is 10.0. The summed E-state index contributed by atoms with van der Waals surface area (Å²) in [5, 5.41) is 1.07. The first kappa shape index (κ1) is 23.0. The highest BCUT2D eigenvalue weighted by Crippen LogP contribution is 2.35. The Morgan fingerprint density at radius 3 is 2.44 bits per heavy atom. The SMILES string of the molecule is Nc1cc(-c2ccnc3[nH]c(-c4ccc(CN5CCOCC5)cc4)cc23)ccc1OC1CCOCC1. The van der Waals surface area contributed by atoms with E-state index in [1.54, 1.807) is 0 Å². The molecule has 186 valence electrons. The predicted octanol–water partition coefficient (Wildman–Crippen LogP) is 4.87. The van der Waals surface area contributed by atoms with Gasteiger partial charge in [-0.3, -0.25) is 4.90 Å². The van der Waals surface area contributed by atoms with Crippen molar-refractivity contribution in [2.75, 3.05) is 45.3 Å². The van der Waals surface area contributed by atoms with Crippen LogP contribution in [-0.2, 0) is 16.0 Å². The van der Waals surface area contributed by atoms with Crippen LogP contribution in [0, 0.1) is 0 Å². The Bertz CT molecular complexity index is 1320. The van der Waals surface area contributed by atoms with Crippen molar-refractivity contribution in [3.8, 4) is 28.1 Å². The molecule has 2 aliphatic rings. The lowest BCUT2D eigenvalue weighted by Crippen LogP contribution is -2.35. The quantitative estimate of drug-likeness (QED) is 0.380. The molecule has 0 radical (unpaired) electrons. The number of pyridine rings is 1. The zero-order chi connectivity index (χ0) is 24.3. The van der Waals surface area contributed by atoms with E-state index in [0.717, 1.165) is 98.1 Å². The Hall–Kier alpha value is -3.39. The first-order valence-corrected chi connectivity index (χ1v) is 12.7. The number of benzene rings is 2. The molecule has 0 saturated carbocycles. The molecule has 4 heterocycles. The molecule has 0 unspecified atom stereocenters. The van der Waals surface area contributed by atoms with Crippen LogP contribution in [0.1, 0.15) is 18.4 Å². The van der Waals surface area contributed by atoms with Crippen LogP contribution in [0.25, 0.3) is 33.4 Å². The molecule has 2 aliphatic heterocycles. The van der Waals surface area contributed by atoms with E-state index in [2.05, 4.69) is 51.3 Å². The van der Waals surface area contributed by atoms with Gasteiger partial charge < -0.3 is 24.9 Å². The van der Waals surface area contributed by atoms with Crippen molar-refractivity contribution < 1.29 is 14.2 Å². The Kier molecular flexibility index (Phi) is 6.59. The molecule has 0 atom stereocenters. The second-order valence-electron chi connectivity index (χ2n) is 9.57.